The Morgan fingerprint density at radius 1 is 1.14 bits per heavy atom. The lowest BCUT2D eigenvalue weighted by molar-refractivity contribution is -0.390. The van der Waals surface area contributed by atoms with Gasteiger partial charge in [0.15, 0.2) is 5.82 Å². The molecule has 1 aliphatic rings. The predicted octanol–water partition coefficient (Wildman–Crippen LogP) is 4.34. The summed E-state index contributed by atoms with van der Waals surface area (Å²) >= 11 is 1.63. The predicted molar refractivity (Wildman–Crippen MR) is 104 cm³/mol. The zero-order valence-corrected chi connectivity index (χ0v) is 15.3. The highest BCUT2D eigenvalue weighted by molar-refractivity contribution is 7.19. The summed E-state index contributed by atoms with van der Waals surface area (Å²) in [5, 5.41) is 12.2. The van der Waals surface area contributed by atoms with Crippen LogP contribution < -0.4 is 4.74 Å². The fraction of sp³-hybridized carbons (Fsp3) is 0.158. The maximum Gasteiger partial charge on any atom is 0.406 e. The van der Waals surface area contributed by atoms with Crippen molar-refractivity contribution in [3.05, 3.63) is 63.4 Å². The molecule has 9 heteroatoms. The molecular formula is C19H13N5O3S. The van der Waals surface area contributed by atoms with E-state index in [0.717, 1.165) is 35.0 Å². The molecule has 4 aromatic heterocycles. The monoisotopic (exact) mass is 391 g/mol. The van der Waals surface area contributed by atoms with Crippen LogP contribution in [0.25, 0.3) is 21.6 Å². The second-order valence-corrected chi connectivity index (χ2v) is 7.40. The fourth-order valence-corrected chi connectivity index (χ4v) is 4.62. The molecule has 0 atom stereocenters. The van der Waals surface area contributed by atoms with Crippen LogP contribution in [0.4, 0.5) is 5.82 Å². The van der Waals surface area contributed by atoms with Crippen molar-refractivity contribution in [2.24, 2.45) is 0 Å². The number of rotatable bonds is 4. The van der Waals surface area contributed by atoms with E-state index in [-0.39, 0.29) is 11.6 Å². The van der Waals surface area contributed by atoms with Gasteiger partial charge in [0, 0.05) is 22.8 Å². The summed E-state index contributed by atoms with van der Waals surface area (Å²) in [5.74, 6) is 0.507. The number of hydrogen-bond donors (Lipinski definition) is 0. The maximum atomic E-state index is 11.3. The topological polar surface area (TPSA) is 104 Å². The molecular weight excluding hydrogens is 378 g/mol. The molecule has 0 fully saturated rings. The molecule has 0 N–H and O–H groups in total. The van der Waals surface area contributed by atoms with Gasteiger partial charge in [-0.2, -0.15) is 4.98 Å². The Bertz CT molecular complexity index is 1210. The summed E-state index contributed by atoms with van der Waals surface area (Å²) in [7, 11) is 0. The van der Waals surface area contributed by atoms with E-state index in [2.05, 4.69) is 15.0 Å². The Kier molecular flexibility index (Phi) is 3.94. The van der Waals surface area contributed by atoms with Crippen LogP contribution in [0.3, 0.4) is 0 Å². The number of thiophene rings is 1. The second-order valence-electron chi connectivity index (χ2n) is 6.32. The van der Waals surface area contributed by atoms with Gasteiger partial charge in [0.2, 0.25) is 11.6 Å². The van der Waals surface area contributed by atoms with E-state index in [0.29, 0.717) is 11.7 Å². The van der Waals surface area contributed by atoms with Crippen molar-refractivity contribution in [2.75, 3.05) is 0 Å². The Morgan fingerprint density at radius 3 is 2.86 bits per heavy atom. The molecule has 1 aliphatic carbocycles. The van der Waals surface area contributed by atoms with Gasteiger partial charge in [0.25, 0.3) is 0 Å². The smallest absolute Gasteiger partial charge is 0.406 e. The van der Waals surface area contributed by atoms with E-state index >= 15 is 0 Å². The number of ether oxygens (including phenoxy) is 1. The number of hydrogen-bond acceptors (Lipinski definition) is 8. The molecule has 5 rings (SSSR count). The number of pyridine rings is 2. The van der Waals surface area contributed by atoms with Crippen molar-refractivity contribution in [1.82, 2.24) is 19.9 Å². The van der Waals surface area contributed by atoms with E-state index in [1.165, 1.54) is 22.7 Å². The Hall–Kier alpha value is -3.46. The van der Waals surface area contributed by atoms with Gasteiger partial charge in [0.1, 0.15) is 11.0 Å². The molecule has 0 aliphatic heterocycles. The minimum Gasteiger partial charge on any atom is -0.429 e. The van der Waals surface area contributed by atoms with E-state index in [9.17, 15) is 10.1 Å². The Labute approximate surface area is 163 Å². The lowest BCUT2D eigenvalue weighted by atomic mass is 10.2. The summed E-state index contributed by atoms with van der Waals surface area (Å²) in [6.07, 6.45) is 7.73. The van der Waals surface area contributed by atoms with Crippen LogP contribution in [0.15, 0.2) is 42.9 Å². The van der Waals surface area contributed by atoms with Crippen molar-refractivity contribution in [1.29, 1.82) is 0 Å². The van der Waals surface area contributed by atoms with Crippen LogP contribution in [0.1, 0.15) is 16.9 Å². The number of nitro groups is 1. The highest BCUT2D eigenvalue weighted by atomic mass is 32.1. The first kappa shape index (κ1) is 16.7. The number of nitrogens with zero attached hydrogens (tertiary/aromatic N) is 5. The van der Waals surface area contributed by atoms with Gasteiger partial charge in [-0.3, -0.25) is 4.98 Å². The average molecular weight is 391 g/mol. The summed E-state index contributed by atoms with van der Waals surface area (Å²) < 4.78 is 5.96. The molecule has 0 saturated carbocycles. The molecule has 4 heterocycles. The SMILES string of the molecule is O=[N+]([O-])c1ncccc1Oc1nc(-c2cccnc2)nc2sc3c(c12)CCC3. The van der Waals surface area contributed by atoms with Crippen molar-refractivity contribution >= 4 is 27.4 Å². The third kappa shape index (κ3) is 2.76. The third-order valence-corrected chi connectivity index (χ3v) is 5.77. The maximum absolute atomic E-state index is 11.3. The Balaban J connectivity index is 1.71. The summed E-state index contributed by atoms with van der Waals surface area (Å²) in [4.78, 5) is 30.1. The first-order valence-corrected chi connectivity index (χ1v) is 9.52. The quantitative estimate of drug-likeness (QED) is 0.376. The molecule has 0 radical (unpaired) electrons. The van der Waals surface area contributed by atoms with Gasteiger partial charge in [-0.05, 0) is 59.0 Å². The highest BCUT2D eigenvalue weighted by Gasteiger charge is 2.25. The van der Waals surface area contributed by atoms with Gasteiger partial charge in [-0.15, -0.1) is 11.3 Å². The van der Waals surface area contributed by atoms with E-state index in [4.69, 9.17) is 9.72 Å². The summed E-state index contributed by atoms with van der Waals surface area (Å²) in [6, 6.07) is 6.80. The molecule has 4 aromatic rings. The molecule has 8 nitrogen and oxygen atoms in total. The number of aromatic nitrogens is 4. The molecule has 0 amide bonds. The number of fused-ring (bicyclic) bond motifs is 3. The van der Waals surface area contributed by atoms with Crippen LogP contribution in [-0.2, 0) is 12.8 Å². The standard InChI is InChI=1S/C19H13N5O3S/c25-24(26)17-13(6-3-9-21-17)27-18-15-12-5-1-7-14(12)28-19(15)23-16(22-18)11-4-2-8-20-10-11/h2-4,6,8-10H,1,5,7H2. The van der Waals surface area contributed by atoms with Gasteiger partial charge < -0.3 is 14.9 Å². The van der Waals surface area contributed by atoms with Crippen molar-refractivity contribution in [3.63, 3.8) is 0 Å². The molecule has 28 heavy (non-hydrogen) atoms. The Morgan fingerprint density at radius 2 is 2.04 bits per heavy atom. The number of aryl methyl sites for hydroxylation is 2. The van der Waals surface area contributed by atoms with Gasteiger partial charge >= 0.3 is 5.82 Å². The fourth-order valence-electron chi connectivity index (χ4n) is 3.36. The lowest BCUT2D eigenvalue weighted by Crippen LogP contribution is -1.99. The van der Waals surface area contributed by atoms with Crippen molar-refractivity contribution in [3.8, 4) is 23.0 Å². The molecule has 138 valence electrons. The lowest BCUT2D eigenvalue weighted by Gasteiger charge is -2.09. The normalized spacial score (nSPS) is 12.9. The minimum absolute atomic E-state index is 0.0579. The first-order valence-electron chi connectivity index (χ1n) is 8.70. The van der Waals surface area contributed by atoms with E-state index in [1.807, 2.05) is 12.1 Å². The van der Waals surface area contributed by atoms with Crippen LogP contribution in [0, 0.1) is 10.1 Å². The van der Waals surface area contributed by atoms with E-state index < -0.39 is 4.92 Å². The van der Waals surface area contributed by atoms with Crippen LogP contribution >= 0.6 is 11.3 Å². The van der Waals surface area contributed by atoms with Gasteiger partial charge in [-0.25, -0.2) is 4.98 Å². The first-order chi connectivity index (χ1) is 13.7. The summed E-state index contributed by atoms with van der Waals surface area (Å²) in [5.41, 5.74) is 1.93. The summed E-state index contributed by atoms with van der Waals surface area (Å²) in [6.45, 7) is 0. The zero-order chi connectivity index (χ0) is 19.1. The second kappa shape index (κ2) is 6.61. The van der Waals surface area contributed by atoms with Crippen molar-refractivity contribution < 1.29 is 9.66 Å². The molecule has 0 unspecified atom stereocenters. The van der Waals surface area contributed by atoms with Gasteiger partial charge in [0.05, 0.1) is 5.39 Å². The largest absolute Gasteiger partial charge is 0.429 e. The van der Waals surface area contributed by atoms with Crippen LogP contribution in [-0.4, -0.2) is 24.9 Å². The van der Waals surface area contributed by atoms with E-state index in [1.54, 1.807) is 29.8 Å². The molecule has 0 spiro atoms. The van der Waals surface area contributed by atoms with Crippen LogP contribution in [0.2, 0.25) is 0 Å². The van der Waals surface area contributed by atoms with Crippen molar-refractivity contribution in [2.45, 2.75) is 19.3 Å². The van der Waals surface area contributed by atoms with Gasteiger partial charge in [-0.1, -0.05) is 0 Å². The zero-order valence-electron chi connectivity index (χ0n) is 14.5. The molecule has 0 bridgehead atoms. The molecule has 0 aromatic carbocycles. The minimum atomic E-state index is -0.562. The van der Waals surface area contributed by atoms with Crippen LogP contribution in [0.5, 0.6) is 11.6 Å². The molecule has 0 saturated heterocycles. The third-order valence-electron chi connectivity index (χ3n) is 4.58. The average Bonchev–Trinajstić information content (AvgIpc) is 3.29. The highest BCUT2D eigenvalue weighted by Crippen LogP contribution is 2.43.